The van der Waals surface area contributed by atoms with E-state index in [2.05, 4.69) is 18.6 Å². The number of hydrogen-bond acceptors (Lipinski definition) is 3. The van der Waals surface area contributed by atoms with E-state index in [1.807, 2.05) is 0 Å². The maximum atomic E-state index is 10.8. The van der Waals surface area contributed by atoms with Crippen molar-refractivity contribution in [3.05, 3.63) is 0 Å². The highest BCUT2D eigenvalue weighted by Gasteiger charge is 2.10. The van der Waals surface area contributed by atoms with Crippen LogP contribution < -0.4 is 0 Å². The van der Waals surface area contributed by atoms with Crippen LogP contribution in [-0.4, -0.2) is 24.3 Å². The molecule has 3 nitrogen and oxygen atoms in total. The Morgan fingerprint density at radius 3 is 2.47 bits per heavy atom. The van der Waals surface area contributed by atoms with Crippen LogP contribution in [0.25, 0.3) is 0 Å². The lowest BCUT2D eigenvalue weighted by Gasteiger charge is -2.10. The lowest BCUT2D eigenvalue weighted by atomic mass is 9.99. The number of aliphatic hydroxyl groups is 1. The molecule has 90 valence electrons. The second kappa shape index (κ2) is 8.72. The predicted octanol–water partition coefficient (Wildman–Crippen LogP) is 2.52. The Hall–Kier alpha value is -0.570. The summed E-state index contributed by atoms with van der Waals surface area (Å²) in [6, 6.07) is 0. The number of esters is 1. The van der Waals surface area contributed by atoms with E-state index in [1.165, 1.54) is 20.0 Å². The van der Waals surface area contributed by atoms with E-state index in [9.17, 15) is 9.90 Å². The number of ether oxygens (including phenoxy) is 1. The average Bonchev–Trinajstić information content (AvgIpc) is 2.23. The number of aliphatic hydroxyl groups excluding tert-OH is 1. The second-order valence-corrected chi connectivity index (χ2v) is 4.23. The molecule has 0 saturated heterocycles. The molecule has 0 aromatic rings. The molecule has 3 heteroatoms. The number of methoxy groups -OCH3 is 1. The zero-order valence-corrected chi connectivity index (χ0v) is 10.2. The fourth-order valence-corrected chi connectivity index (χ4v) is 1.45. The summed E-state index contributed by atoms with van der Waals surface area (Å²) in [7, 11) is 1.35. The van der Waals surface area contributed by atoms with E-state index in [4.69, 9.17) is 0 Å². The molecule has 0 aromatic carbocycles. The first-order valence-electron chi connectivity index (χ1n) is 5.85. The Labute approximate surface area is 92.8 Å². The van der Waals surface area contributed by atoms with Crippen LogP contribution in [-0.2, 0) is 9.53 Å². The smallest absolute Gasteiger partial charge is 0.308 e. The largest absolute Gasteiger partial charge is 0.469 e. The summed E-state index contributed by atoms with van der Waals surface area (Å²) in [5.74, 6) is 0.437. The molecule has 0 heterocycles. The van der Waals surface area contributed by atoms with Gasteiger partial charge >= 0.3 is 5.97 Å². The highest BCUT2D eigenvalue weighted by molar-refractivity contribution is 5.69. The van der Waals surface area contributed by atoms with Gasteiger partial charge in [-0.3, -0.25) is 4.79 Å². The number of hydrogen-bond donors (Lipinski definition) is 1. The van der Waals surface area contributed by atoms with Gasteiger partial charge in [0.2, 0.25) is 0 Å². The molecule has 0 radical (unpaired) electrons. The van der Waals surface area contributed by atoms with Crippen LogP contribution in [0.3, 0.4) is 0 Å². The number of carbonyl (C=O) groups is 1. The summed E-state index contributed by atoms with van der Waals surface area (Å²) in [5.41, 5.74) is 0. The summed E-state index contributed by atoms with van der Waals surface area (Å²) in [5, 5.41) is 9.47. The minimum absolute atomic E-state index is 0.125. The minimum Gasteiger partial charge on any atom is -0.469 e. The Morgan fingerprint density at radius 2 is 1.93 bits per heavy atom. The van der Waals surface area contributed by atoms with Crippen molar-refractivity contribution in [3.8, 4) is 0 Å². The molecule has 2 atom stereocenters. The lowest BCUT2D eigenvalue weighted by Crippen LogP contribution is -2.14. The van der Waals surface area contributed by atoms with Crippen LogP contribution >= 0.6 is 0 Å². The Bertz CT molecular complexity index is 168. The molecular weight excluding hydrogens is 192 g/mol. The van der Waals surface area contributed by atoms with Gasteiger partial charge in [-0.05, 0) is 12.3 Å². The van der Waals surface area contributed by atoms with Gasteiger partial charge < -0.3 is 9.84 Å². The monoisotopic (exact) mass is 216 g/mol. The molecule has 1 N–H and O–H groups in total. The fraction of sp³-hybridized carbons (Fsp3) is 0.917. The first-order chi connectivity index (χ1) is 7.10. The van der Waals surface area contributed by atoms with Gasteiger partial charge in [0.25, 0.3) is 0 Å². The molecule has 0 aliphatic carbocycles. The zero-order chi connectivity index (χ0) is 11.7. The normalized spacial score (nSPS) is 14.7. The molecule has 2 unspecified atom stereocenters. The van der Waals surface area contributed by atoms with Gasteiger partial charge in [-0.25, -0.2) is 0 Å². The first kappa shape index (κ1) is 14.4. The summed E-state index contributed by atoms with van der Waals surface area (Å²) in [4.78, 5) is 10.8. The molecule has 0 fully saturated rings. The van der Waals surface area contributed by atoms with Gasteiger partial charge in [-0.2, -0.15) is 0 Å². The molecule has 0 bridgehead atoms. The maximum Gasteiger partial charge on any atom is 0.308 e. The molecule has 0 aliphatic rings. The Balaban J connectivity index is 3.38. The standard InChI is InChI=1S/C12H24O3/c1-4-10(2)7-5-6-8-11(13)9-12(14)15-3/h10-11,13H,4-9H2,1-3H3. The van der Waals surface area contributed by atoms with Crippen LogP contribution in [0.4, 0.5) is 0 Å². The van der Waals surface area contributed by atoms with Gasteiger partial charge in [0.1, 0.15) is 0 Å². The van der Waals surface area contributed by atoms with Crippen LogP contribution in [0, 0.1) is 5.92 Å². The molecular formula is C12H24O3. The predicted molar refractivity (Wildman–Crippen MR) is 60.6 cm³/mol. The van der Waals surface area contributed by atoms with E-state index in [0.717, 1.165) is 18.8 Å². The van der Waals surface area contributed by atoms with E-state index in [1.54, 1.807) is 0 Å². The summed E-state index contributed by atoms with van der Waals surface area (Å²) in [6.45, 7) is 4.43. The molecule has 0 amide bonds. The summed E-state index contributed by atoms with van der Waals surface area (Å²) < 4.78 is 4.48. The van der Waals surface area contributed by atoms with Gasteiger partial charge in [-0.15, -0.1) is 0 Å². The van der Waals surface area contributed by atoms with Crippen LogP contribution in [0.1, 0.15) is 52.4 Å². The van der Waals surface area contributed by atoms with Crippen molar-refractivity contribution in [1.29, 1.82) is 0 Å². The third kappa shape index (κ3) is 8.43. The molecule has 0 saturated carbocycles. The summed E-state index contributed by atoms with van der Waals surface area (Å²) in [6.07, 6.45) is 4.84. The van der Waals surface area contributed by atoms with Crippen molar-refractivity contribution in [2.45, 2.75) is 58.5 Å². The third-order valence-corrected chi connectivity index (χ3v) is 2.81. The van der Waals surface area contributed by atoms with Crippen molar-refractivity contribution >= 4 is 5.97 Å². The number of rotatable bonds is 8. The topological polar surface area (TPSA) is 46.5 Å². The molecule has 0 aromatic heterocycles. The van der Waals surface area contributed by atoms with Crippen molar-refractivity contribution in [2.75, 3.05) is 7.11 Å². The highest BCUT2D eigenvalue weighted by atomic mass is 16.5. The minimum atomic E-state index is -0.533. The van der Waals surface area contributed by atoms with Crippen LogP contribution in [0.5, 0.6) is 0 Å². The van der Waals surface area contributed by atoms with Crippen LogP contribution in [0.2, 0.25) is 0 Å². The van der Waals surface area contributed by atoms with Gasteiger partial charge in [0.05, 0.1) is 19.6 Å². The zero-order valence-electron chi connectivity index (χ0n) is 10.2. The van der Waals surface area contributed by atoms with E-state index in [-0.39, 0.29) is 12.4 Å². The van der Waals surface area contributed by atoms with Crippen molar-refractivity contribution in [1.82, 2.24) is 0 Å². The molecule has 0 spiro atoms. The number of carbonyl (C=O) groups excluding carboxylic acids is 1. The molecule has 15 heavy (non-hydrogen) atoms. The van der Waals surface area contributed by atoms with Crippen molar-refractivity contribution in [3.63, 3.8) is 0 Å². The SMILES string of the molecule is CCC(C)CCCCC(O)CC(=O)OC. The fourth-order valence-electron chi connectivity index (χ4n) is 1.45. The highest BCUT2D eigenvalue weighted by Crippen LogP contribution is 2.14. The maximum absolute atomic E-state index is 10.8. The average molecular weight is 216 g/mol. The third-order valence-electron chi connectivity index (χ3n) is 2.81. The molecule has 0 rings (SSSR count). The first-order valence-corrected chi connectivity index (χ1v) is 5.85. The van der Waals surface area contributed by atoms with Crippen molar-refractivity contribution in [2.24, 2.45) is 5.92 Å². The van der Waals surface area contributed by atoms with E-state index in [0.29, 0.717) is 6.42 Å². The van der Waals surface area contributed by atoms with Crippen molar-refractivity contribution < 1.29 is 14.6 Å². The molecule has 0 aliphatic heterocycles. The van der Waals surface area contributed by atoms with Gasteiger partial charge in [-0.1, -0.05) is 39.5 Å². The lowest BCUT2D eigenvalue weighted by molar-refractivity contribution is -0.142. The van der Waals surface area contributed by atoms with Gasteiger partial charge in [0, 0.05) is 0 Å². The second-order valence-electron chi connectivity index (χ2n) is 4.23. The summed E-state index contributed by atoms with van der Waals surface area (Å²) >= 11 is 0. The van der Waals surface area contributed by atoms with E-state index >= 15 is 0 Å². The van der Waals surface area contributed by atoms with Gasteiger partial charge in [0.15, 0.2) is 0 Å². The van der Waals surface area contributed by atoms with E-state index < -0.39 is 6.10 Å². The number of unbranched alkanes of at least 4 members (excludes halogenated alkanes) is 1. The van der Waals surface area contributed by atoms with Crippen LogP contribution in [0.15, 0.2) is 0 Å². The quantitative estimate of drug-likeness (QED) is 0.501. The Kier molecular flexibility index (Phi) is 8.38. The Morgan fingerprint density at radius 1 is 1.33 bits per heavy atom.